The quantitative estimate of drug-likeness (QED) is 0.712. The minimum absolute atomic E-state index is 0.134. The zero-order valence-electron chi connectivity index (χ0n) is 6.95. The van der Waals surface area contributed by atoms with Crippen molar-refractivity contribution in [2.24, 2.45) is 5.73 Å². The van der Waals surface area contributed by atoms with Crippen molar-refractivity contribution in [1.82, 2.24) is 0 Å². The predicted molar refractivity (Wildman–Crippen MR) is 54.4 cm³/mol. The number of hydrogen-bond acceptors (Lipinski definition) is 2. The molecule has 0 aliphatic carbocycles. The lowest BCUT2D eigenvalue weighted by Gasteiger charge is -2.04. The largest absolute Gasteiger partial charge is 0.324 e. The van der Waals surface area contributed by atoms with Crippen molar-refractivity contribution >= 4 is 21.4 Å². The van der Waals surface area contributed by atoms with Gasteiger partial charge in [-0.1, -0.05) is 6.07 Å². The Morgan fingerprint density at radius 1 is 1.33 bits per heavy atom. The Balaban J connectivity index is 2.60. The number of nitrogens with two attached hydrogens (primary N) is 1. The summed E-state index contributed by atoms with van der Waals surface area (Å²) < 4.78 is 1.33. The van der Waals surface area contributed by atoms with Crippen LogP contribution in [-0.4, -0.2) is 0 Å². The summed E-state index contributed by atoms with van der Waals surface area (Å²) in [5, 5.41) is 3.41. The van der Waals surface area contributed by atoms with E-state index in [-0.39, 0.29) is 6.04 Å². The normalized spacial score (nSPS) is 13.5. The lowest BCUT2D eigenvalue weighted by Crippen LogP contribution is -2.03. The van der Waals surface area contributed by atoms with Crippen LogP contribution in [0.3, 0.4) is 0 Å². The van der Waals surface area contributed by atoms with E-state index in [1.165, 1.54) is 15.6 Å². The van der Waals surface area contributed by atoms with E-state index in [1.54, 1.807) is 11.3 Å². The summed E-state index contributed by atoms with van der Waals surface area (Å²) in [5.41, 5.74) is 6.99. The second kappa shape index (κ2) is 2.88. The van der Waals surface area contributed by atoms with E-state index < -0.39 is 0 Å². The third-order valence-corrected chi connectivity index (χ3v) is 2.90. The molecule has 0 saturated carbocycles. The standard InChI is InChI=1S/C10H11NS/c1-7(11)8-2-3-10-9(6-8)4-5-12-10/h2-7H,11H2,1H3. The highest BCUT2D eigenvalue weighted by molar-refractivity contribution is 7.17. The Morgan fingerprint density at radius 2 is 2.17 bits per heavy atom. The molecular weight excluding hydrogens is 166 g/mol. The first-order valence-electron chi connectivity index (χ1n) is 4.00. The molecule has 1 aromatic carbocycles. The monoisotopic (exact) mass is 177 g/mol. The van der Waals surface area contributed by atoms with E-state index in [9.17, 15) is 0 Å². The van der Waals surface area contributed by atoms with Gasteiger partial charge in [0.15, 0.2) is 0 Å². The van der Waals surface area contributed by atoms with Gasteiger partial charge in [-0.3, -0.25) is 0 Å². The Labute approximate surface area is 75.8 Å². The summed E-state index contributed by atoms with van der Waals surface area (Å²) in [7, 11) is 0. The van der Waals surface area contributed by atoms with Crippen LogP contribution < -0.4 is 5.73 Å². The van der Waals surface area contributed by atoms with Crippen LogP contribution in [0, 0.1) is 0 Å². The molecule has 0 radical (unpaired) electrons. The molecule has 1 unspecified atom stereocenters. The first kappa shape index (κ1) is 7.77. The van der Waals surface area contributed by atoms with Gasteiger partial charge >= 0.3 is 0 Å². The van der Waals surface area contributed by atoms with E-state index in [0.29, 0.717) is 0 Å². The van der Waals surface area contributed by atoms with Crippen LogP contribution in [0.5, 0.6) is 0 Å². The van der Waals surface area contributed by atoms with E-state index in [0.717, 1.165) is 0 Å². The molecule has 0 spiro atoms. The SMILES string of the molecule is CC(N)c1ccc2sccc2c1. The highest BCUT2D eigenvalue weighted by Crippen LogP contribution is 2.23. The summed E-state index contributed by atoms with van der Waals surface area (Å²) in [6.07, 6.45) is 0. The van der Waals surface area contributed by atoms with Gasteiger partial charge in [0.1, 0.15) is 0 Å². The van der Waals surface area contributed by atoms with Gasteiger partial charge in [0.05, 0.1) is 0 Å². The Kier molecular flexibility index (Phi) is 1.87. The molecule has 0 saturated heterocycles. The maximum atomic E-state index is 5.78. The summed E-state index contributed by atoms with van der Waals surface area (Å²) in [6.45, 7) is 2.01. The molecule has 2 heteroatoms. The fraction of sp³-hybridized carbons (Fsp3) is 0.200. The van der Waals surface area contributed by atoms with Crippen LogP contribution in [0.25, 0.3) is 10.1 Å². The van der Waals surface area contributed by atoms with Crippen LogP contribution >= 0.6 is 11.3 Å². The van der Waals surface area contributed by atoms with Crippen LogP contribution in [-0.2, 0) is 0 Å². The molecule has 1 heterocycles. The maximum Gasteiger partial charge on any atom is 0.0342 e. The van der Waals surface area contributed by atoms with Gasteiger partial charge in [-0.2, -0.15) is 0 Å². The lowest BCUT2D eigenvalue weighted by atomic mass is 10.1. The second-order valence-electron chi connectivity index (χ2n) is 3.01. The molecule has 0 bridgehead atoms. The molecule has 1 aromatic heterocycles. The van der Waals surface area contributed by atoms with Crippen LogP contribution in [0.1, 0.15) is 18.5 Å². The van der Waals surface area contributed by atoms with Crippen LogP contribution in [0.2, 0.25) is 0 Å². The Bertz CT molecular complexity index is 389. The minimum atomic E-state index is 0.134. The third kappa shape index (κ3) is 1.24. The van der Waals surface area contributed by atoms with Gasteiger partial charge in [-0.05, 0) is 41.5 Å². The van der Waals surface area contributed by atoms with Crippen molar-refractivity contribution in [1.29, 1.82) is 0 Å². The van der Waals surface area contributed by atoms with E-state index in [1.807, 2.05) is 6.92 Å². The molecular formula is C10H11NS. The fourth-order valence-electron chi connectivity index (χ4n) is 1.27. The molecule has 12 heavy (non-hydrogen) atoms. The van der Waals surface area contributed by atoms with E-state index in [4.69, 9.17) is 5.73 Å². The molecule has 62 valence electrons. The lowest BCUT2D eigenvalue weighted by molar-refractivity contribution is 0.820. The van der Waals surface area contributed by atoms with Crippen molar-refractivity contribution in [2.75, 3.05) is 0 Å². The van der Waals surface area contributed by atoms with Crippen molar-refractivity contribution < 1.29 is 0 Å². The van der Waals surface area contributed by atoms with Crippen LogP contribution in [0.15, 0.2) is 29.6 Å². The van der Waals surface area contributed by atoms with Gasteiger partial charge in [0.2, 0.25) is 0 Å². The molecule has 0 aliphatic rings. The minimum Gasteiger partial charge on any atom is -0.324 e. The second-order valence-corrected chi connectivity index (χ2v) is 3.95. The fourth-order valence-corrected chi connectivity index (χ4v) is 2.04. The number of thiophene rings is 1. The number of benzene rings is 1. The summed E-state index contributed by atoms with van der Waals surface area (Å²) in [4.78, 5) is 0. The maximum absolute atomic E-state index is 5.78. The van der Waals surface area contributed by atoms with Crippen molar-refractivity contribution in [3.63, 3.8) is 0 Å². The molecule has 2 N–H and O–H groups in total. The van der Waals surface area contributed by atoms with Crippen LogP contribution in [0.4, 0.5) is 0 Å². The average molecular weight is 177 g/mol. The van der Waals surface area contributed by atoms with E-state index >= 15 is 0 Å². The number of hydrogen-bond donors (Lipinski definition) is 1. The van der Waals surface area contributed by atoms with Crippen molar-refractivity contribution in [3.8, 4) is 0 Å². The molecule has 0 fully saturated rings. The highest BCUT2D eigenvalue weighted by Gasteiger charge is 2.00. The molecule has 0 aliphatic heterocycles. The summed E-state index contributed by atoms with van der Waals surface area (Å²) in [5.74, 6) is 0. The highest BCUT2D eigenvalue weighted by atomic mass is 32.1. The smallest absolute Gasteiger partial charge is 0.0342 e. The topological polar surface area (TPSA) is 26.0 Å². The predicted octanol–water partition coefficient (Wildman–Crippen LogP) is 2.92. The van der Waals surface area contributed by atoms with Gasteiger partial charge in [-0.15, -0.1) is 11.3 Å². The number of fused-ring (bicyclic) bond motifs is 1. The average Bonchev–Trinajstić information content (AvgIpc) is 2.49. The zero-order valence-corrected chi connectivity index (χ0v) is 7.77. The van der Waals surface area contributed by atoms with Gasteiger partial charge in [0, 0.05) is 10.7 Å². The number of rotatable bonds is 1. The summed E-state index contributed by atoms with van der Waals surface area (Å²) in [6, 6.07) is 8.67. The Morgan fingerprint density at radius 3 is 2.92 bits per heavy atom. The molecule has 2 aromatic rings. The molecule has 0 amide bonds. The van der Waals surface area contributed by atoms with Crippen molar-refractivity contribution in [2.45, 2.75) is 13.0 Å². The summed E-state index contributed by atoms with van der Waals surface area (Å²) >= 11 is 1.77. The first-order valence-corrected chi connectivity index (χ1v) is 4.88. The van der Waals surface area contributed by atoms with Crippen molar-refractivity contribution in [3.05, 3.63) is 35.2 Å². The van der Waals surface area contributed by atoms with Gasteiger partial charge in [-0.25, -0.2) is 0 Å². The molecule has 1 nitrogen and oxygen atoms in total. The third-order valence-electron chi connectivity index (χ3n) is 2.00. The Hall–Kier alpha value is -0.860. The zero-order chi connectivity index (χ0) is 8.55. The van der Waals surface area contributed by atoms with Gasteiger partial charge < -0.3 is 5.73 Å². The molecule has 2 rings (SSSR count). The first-order chi connectivity index (χ1) is 5.77. The molecule has 1 atom stereocenters. The van der Waals surface area contributed by atoms with E-state index in [2.05, 4.69) is 29.6 Å². The van der Waals surface area contributed by atoms with Gasteiger partial charge in [0.25, 0.3) is 0 Å².